The molecule has 0 bridgehead atoms. The second kappa shape index (κ2) is 11.1. The molecule has 0 aliphatic rings. The SMILES string of the molecule is N#C/C(=C/NCCc1cccc(Cl)c1)C(=O)Nc1ccccc1Sc1ccccc1. The van der Waals surface area contributed by atoms with E-state index >= 15 is 0 Å². The van der Waals surface area contributed by atoms with Crippen molar-refractivity contribution in [1.82, 2.24) is 5.32 Å². The molecule has 6 heteroatoms. The van der Waals surface area contributed by atoms with Gasteiger partial charge in [-0.25, -0.2) is 0 Å². The van der Waals surface area contributed by atoms with E-state index in [0.717, 1.165) is 21.8 Å². The van der Waals surface area contributed by atoms with Crippen molar-refractivity contribution < 1.29 is 4.79 Å². The van der Waals surface area contributed by atoms with Gasteiger partial charge in [0, 0.05) is 27.6 Å². The molecule has 0 atom stereocenters. The Morgan fingerprint density at radius 2 is 1.80 bits per heavy atom. The van der Waals surface area contributed by atoms with Gasteiger partial charge >= 0.3 is 0 Å². The number of hydrogen-bond donors (Lipinski definition) is 2. The molecule has 2 N–H and O–H groups in total. The Morgan fingerprint density at radius 1 is 1.03 bits per heavy atom. The number of nitriles is 1. The molecule has 0 heterocycles. The minimum absolute atomic E-state index is 0.0145. The van der Waals surface area contributed by atoms with Crippen LogP contribution < -0.4 is 10.6 Å². The molecule has 0 radical (unpaired) electrons. The monoisotopic (exact) mass is 433 g/mol. The van der Waals surface area contributed by atoms with Crippen LogP contribution in [0.4, 0.5) is 5.69 Å². The number of carbonyl (C=O) groups excluding carboxylic acids is 1. The van der Waals surface area contributed by atoms with Crippen molar-refractivity contribution in [3.8, 4) is 6.07 Å². The van der Waals surface area contributed by atoms with Crippen molar-refractivity contribution in [3.63, 3.8) is 0 Å². The predicted molar refractivity (Wildman–Crippen MR) is 122 cm³/mol. The van der Waals surface area contributed by atoms with Crippen LogP contribution in [0.25, 0.3) is 0 Å². The Morgan fingerprint density at radius 3 is 2.57 bits per heavy atom. The number of halogens is 1. The maximum atomic E-state index is 12.6. The summed E-state index contributed by atoms with van der Waals surface area (Å²) >= 11 is 7.54. The quantitative estimate of drug-likeness (QED) is 0.273. The molecule has 0 spiro atoms. The lowest BCUT2D eigenvalue weighted by molar-refractivity contribution is -0.112. The van der Waals surface area contributed by atoms with E-state index in [1.54, 1.807) is 11.8 Å². The number of benzene rings is 3. The van der Waals surface area contributed by atoms with Gasteiger partial charge in [-0.05, 0) is 48.4 Å². The molecule has 0 saturated carbocycles. The fraction of sp³-hybridized carbons (Fsp3) is 0.0833. The van der Waals surface area contributed by atoms with Gasteiger partial charge in [0.2, 0.25) is 0 Å². The lowest BCUT2D eigenvalue weighted by Crippen LogP contribution is -2.18. The number of anilines is 1. The first-order chi connectivity index (χ1) is 14.7. The lowest BCUT2D eigenvalue weighted by Gasteiger charge is -2.10. The highest BCUT2D eigenvalue weighted by Gasteiger charge is 2.12. The number of nitrogens with zero attached hydrogens (tertiary/aromatic N) is 1. The summed E-state index contributed by atoms with van der Waals surface area (Å²) < 4.78 is 0. The van der Waals surface area contributed by atoms with E-state index in [-0.39, 0.29) is 5.57 Å². The first-order valence-electron chi connectivity index (χ1n) is 9.37. The van der Waals surface area contributed by atoms with Crippen molar-refractivity contribution in [3.05, 3.63) is 101 Å². The second-order valence-electron chi connectivity index (χ2n) is 6.37. The highest BCUT2D eigenvalue weighted by Crippen LogP contribution is 2.33. The molecule has 3 rings (SSSR count). The Bertz CT molecular complexity index is 1080. The molecule has 4 nitrogen and oxygen atoms in total. The molecule has 0 unspecified atom stereocenters. The molecular weight excluding hydrogens is 414 g/mol. The maximum Gasteiger partial charge on any atom is 0.267 e. The second-order valence-corrected chi connectivity index (χ2v) is 7.92. The molecule has 30 heavy (non-hydrogen) atoms. The normalized spacial score (nSPS) is 10.9. The van der Waals surface area contributed by atoms with Gasteiger partial charge in [0.25, 0.3) is 5.91 Å². The van der Waals surface area contributed by atoms with E-state index in [1.807, 2.05) is 84.9 Å². The Labute approximate surface area is 185 Å². The molecule has 3 aromatic rings. The zero-order valence-electron chi connectivity index (χ0n) is 16.1. The van der Waals surface area contributed by atoms with E-state index in [1.165, 1.54) is 6.20 Å². The first-order valence-corrected chi connectivity index (χ1v) is 10.6. The number of amides is 1. The standard InChI is InChI=1S/C24H20ClN3OS/c25-20-8-6-7-18(15-20)13-14-27-17-19(16-26)24(29)28-22-11-4-5-12-23(22)30-21-9-2-1-3-10-21/h1-12,15,17,27H,13-14H2,(H,28,29)/b19-17-. The van der Waals surface area contributed by atoms with Crippen molar-refractivity contribution in [2.45, 2.75) is 16.2 Å². The summed E-state index contributed by atoms with van der Waals surface area (Å²) in [6.07, 6.45) is 2.18. The third-order valence-electron chi connectivity index (χ3n) is 4.16. The molecule has 3 aromatic carbocycles. The van der Waals surface area contributed by atoms with Crippen LogP contribution in [-0.4, -0.2) is 12.5 Å². The molecule has 0 fully saturated rings. The number of carbonyl (C=O) groups is 1. The van der Waals surface area contributed by atoms with Crippen LogP contribution in [0.15, 0.2) is 100 Å². The fourth-order valence-electron chi connectivity index (χ4n) is 2.70. The molecule has 0 saturated heterocycles. The van der Waals surface area contributed by atoms with Gasteiger partial charge in [-0.3, -0.25) is 4.79 Å². The average Bonchev–Trinajstić information content (AvgIpc) is 2.76. The minimum Gasteiger partial charge on any atom is -0.389 e. The van der Waals surface area contributed by atoms with E-state index in [0.29, 0.717) is 17.3 Å². The van der Waals surface area contributed by atoms with Crippen molar-refractivity contribution in [2.75, 3.05) is 11.9 Å². The van der Waals surface area contributed by atoms with Crippen LogP contribution in [-0.2, 0) is 11.2 Å². The van der Waals surface area contributed by atoms with Crippen LogP contribution in [0.3, 0.4) is 0 Å². The fourth-order valence-corrected chi connectivity index (χ4v) is 3.83. The van der Waals surface area contributed by atoms with Crippen LogP contribution in [0.1, 0.15) is 5.56 Å². The summed E-state index contributed by atoms with van der Waals surface area (Å²) in [4.78, 5) is 14.6. The summed E-state index contributed by atoms with van der Waals surface area (Å²) in [5.74, 6) is -0.450. The molecule has 0 aliphatic heterocycles. The summed E-state index contributed by atoms with van der Waals surface area (Å²) in [6, 6.07) is 27.0. The summed E-state index contributed by atoms with van der Waals surface area (Å²) in [6.45, 7) is 0.583. The number of rotatable bonds is 8. The average molecular weight is 434 g/mol. The van der Waals surface area contributed by atoms with Gasteiger partial charge < -0.3 is 10.6 Å². The number of para-hydroxylation sites is 1. The summed E-state index contributed by atoms with van der Waals surface area (Å²) in [7, 11) is 0. The maximum absolute atomic E-state index is 12.6. The Kier molecular flexibility index (Phi) is 7.96. The highest BCUT2D eigenvalue weighted by atomic mass is 35.5. The zero-order chi connectivity index (χ0) is 21.2. The van der Waals surface area contributed by atoms with Gasteiger partial charge in [-0.2, -0.15) is 5.26 Å². The smallest absolute Gasteiger partial charge is 0.267 e. The zero-order valence-corrected chi connectivity index (χ0v) is 17.7. The molecular formula is C24H20ClN3OS. The topological polar surface area (TPSA) is 64.9 Å². The Hall–Kier alpha value is -3.20. The van der Waals surface area contributed by atoms with Crippen LogP contribution in [0.2, 0.25) is 5.02 Å². The molecule has 1 amide bonds. The Balaban J connectivity index is 1.61. The van der Waals surface area contributed by atoms with E-state index in [2.05, 4.69) is 10.6 Å². The van der Waals surface area contributed by atoms with E-state index < -0.39 is 5.91 Å². The van der Waals surface area contributed by atoms with Gasteiger partial charge in [-0.1, -0.05) is 65.8 Å². The van der Waals surface area contributed by atoms with Gasteiger partial charge in [-0.15, -0.1) is 0 Å². The third kappa shape index (κ3) is 6.41. The summed E-state index contributed by atoms with van der Waals surface area (Å²) in [5.41, 5.74) is 1.76. The molecule has 0 aliphatic carbocycles. The minimum atomic E-state index is -0.450. The summed E-state index contributed by atoms with van der Waals surface area (Å²) in [5, 5.41) is 15.9. The van der Waals surface area contributed by atoms with E-state index in [4.69, 9.17) is 11.6 Å². The van der Waals surface area contributed by atoms with Gasteiger partial charge in [0.05, 0.1) is 5.69 Å². The first kappa shape index (κ1) is 21.5. The largest absolute Gasteiger partial charge is 0.389 e. The van der Waals surface area contributed by atoms with Crippen molar-refractivity contribution in [2.24, 2.45) is 0 Å². The van der Waals surface area contributed by atoms with Gasteiger partial charge in [0.15, 0.2) is 0 Å². The predicted octanol–water partition coefficient (Wildman–Crippen LogP) is 5.67. The highest BCUT2D eigenvalue weighted by molar-refractivity contribution is 7.99. The number of nitrogens with one attached hydrogen (secondary N) is 2. The lowest BCUT2D eigenvalue weighted by atomic mass is 10.1. The van der Waals surface area contributed by atoms with Crippen molar-refractivity contribution >= 4 is 35.0 Å². The third-order valence-corrected chi connectivity index (χ3v) is 5.48. The van der Waals surface area contributed by atoms with Crippen LogP contribution in [0, 0.1) is 11.3 Å². The molecule has 0 aromatic heterocycles. The van der Waals surface area contributed by atoms with Gasteiger partial charge in [0.1, 0.15) is 11.6 Å². The van der Waals surface area contributed by atoms with Crippen LogP contribution >= 0.6 is 23.4 Å². The number of hydrogen-bond acceptors (Lipinski definition) is 4. The molecule has 150 valence electrons. The van der Waals surface area contributed by atoms with E-state index in [9.17, 15) is 10.1 Å². The van der Waals surface area contributed by atoms with Crippen LogP contribution in [0.5, 0.6) is 0 Å². The van der Waals surface area contributed by atoms with Crippen molar-refractivity contribution in [1.29, 1.82) is 5.26 Å².